The Morgan fingerprint density at radius 3 is 2.45 bits per heavy atom. The summed E-state index contributed by atoms with van der Waals surface area (Å²) < 4.78 is 0. The molecule has 0 aliphatic carbocycles. The molecule has 2 amide bonds. The molecule has 0 aromatic heterocycles. The lowest BCUT2D eigenvalue weighted by molar-refractivity contribution is 0.0638. The van der Waals surface area contributed by atoms with Crippen LogP contribution < -0.4 is 5.32 Å². The van der Waals surface area contributed by atoms with Crippen LogP contribution >= 0.6 is 0 Å². The van der Waals surface area contributed by atoms with Crippen molar-refractivity contribution in [2.45, 2.75) is 45.6 Å². The minimum Gasteiger partial charge on any atom is -0.321 e. The zero-order valence-corrected chi connectivity index (χ0v) is 13.8. The minimum atomic E-state index is 0.0415. The van der Waals surface area contributed by atoms with E-state index in [1.54, 1.807) is 0 Å². The van der Waals surface area contributed by atoms with Crippen molar-refractivity contribution in [3.63, 3.8) is 0 Å². The molecule has 2 aliphatic heterocycles. The predicted molar refractivity (Wildman–Crippen MR) is 90.3 cm³/mol. The van der Waals surface area contributed by atoms with Crippen molar-refractivity contribution in [2.75, 3.05) is 31.5 Å². The van der Waals surface area contributed by atoms with E-state index < -0.39 is 0 Å². The summed E-state index contributed by atoms with van der Waals surface area (Å²) in [6.45, 7) is 8.24. The number of hydrogen-bond acceptors (Lipinski definition) is 2. The van der Waals surface area contributed by atoms with Gasteiger partial charge in [-0.3, -0.25) is 4.90 Å². The zero-order chi connectivity index (χ0) is 15.5. The molecule has 3 rings (SSSR count). The third-order valence-electron chi connectivity index (χ3n) is 4.94. The van der Waals surface area contributed by atoms with Crippen molar-refractivity contribution in [1.29, 1.82) is 0 Å². The quantitative estimate of drug-likeness (QED) is 0.909. The normalized spacial score (nSPS) is 20.4. The van der Waals surface area contributed by atoms with E-state index in [0.717, 1.165) is 24.3 Å². The lowest BCUT2D eigenvalue weighted by Crippen LogP contribution is -2.62. The minimum absolute atomic E-state index is 0.0415. The molecule has 1 aromatic rings. The van der Waals surface area contributed by atoms with Crippen LogP contribution in [0.3, 0.4) is 0 Å². The van der Waals surface area contributed by atoms with Gasteiger partial charge < -0.3 is 10.2 Å². The van der Waals surface area contributed by atoms with Crippen molar-refractivity contribution >= 4 is 11.7 Å². The van der Waals surface area contributed by atoms with E-state index in [1.807, 2.05) is 24.8 Å². The maximum Gasteiger partial charge on any atom is 0.321 e. The van der Waals surface area contributed by atoms with Crippen LogP contribution in [0.1, 0.15) is 36.8 Å². The lowest BCUT2D eigenvalue weighted by atomic mass is 10.1. The summed E-state index contributed by atoms with van der Waals surface area (Å²) in [5, 5.41) is 3.06. The van der Waals surface area contributed by atoms with E-state index in [4.69, 9.17) is 0 Å². The molecular formula is C18H27N3O. The Balaban J connectivity index is 1.51. The molecule has 4 heteroatoms. The van der Waals surface area contributed by atoms with Gasteiger partial charge in [-0.05, 0) is 57.0 Å². The fourth-order valence-corrected chi connectivity index (χ4v) is 3.38. The van der Waals surface area contributed by atoms with Crippen LogP contribution in [0.5, 0.6) is 0 Å². The molecule has 0 radical (unpaired) electrons. The van der Waals surface area contributed by atoms with E-state index >= 15 is 0 Å². The first-order chi connectivity index (χ1) is 10.6. The number of hydrogen-bond donors (Lipinski definition) is 1. The second-order valence-electron chi connectivity index (χ2n) is 6.76. The molecule has 0 bridgehead atoms. The number of rotatable bonds is 2. The van der Waals surface area contributed by atoms with E-state index in [1.165, 1.54) is 44.3 Å². The van der Waals surface area contributed by atoms with Crippen LogP contribution in [0.4, 0.5) is 10.5 Å². The summed E-state index contributed by atoms with van der Waals surface area (Å²) in [6, 6.07) is 6.78. The Bertz CT molecular complexity index is 529. The van der Waals surface area contributed by atoms with Gasteiger partial charge in [0.25, 0.3) is 0 Å². The summed E-state index contributed by atoms with van der Waals surface area (Å²) >= 11 is 0. The van der Waals surface area contributed by atoms with Gasteiger partial charge >= 0.3 is 6.03 Å². The zero-order valence-electron chi connectivity index (χ0n) is 13.8. The third kappa shape index (κ3) is 3.43. The van der Waals surface area contributed by atoms with Crippen molar-refractivity contribution in [3.8, 4) is 0 Å². The van der Waals surface area contributed by atoms with Gasteiger partial charge in [0.1, 0.15) is 0 Å². The Morgan fingerprint density at radius 1 is 1.09 bits per heavy atom. The molecule has 120 valence electrons. The van der Waals surface area contributed by atoms with Gasteiger partial charge in [0, 0.05) is 24.8 Å². The molecule has 1 aromatic carbocycles. The highest BCUT2D eigenvalue weighted by Gasteiger charge is 2.34. The number of nitrogens with one attached hydrogen (secondary N) is 1. The smallest absolute Gasteiger partial charge is 0.321 e. The van der Waals surface area contributed by atoms with Crippen molar-refractivity contribution in [2.24, 2.45) is 0 Å². The number of benzene rings is 1. The van der Waals surface area contributed by atoms with Gasteiger partial charge in [0.15, 0.2) is 0 Å². The fourth-order valence-electron chi connectivity index (χ4n) is 3.38. The van der Waals surface area contributed by atoms with Crippen molar-refractivity contribution in [3.05, 3.63) is 29.3 Å². The van der Waals surface area contributed by atoms with Crippen molar-refractivity contribution < 1.29 is 4.79 Å². The Kier molecular flexibility index (Phi) is 4.67. The molecule has 22 heavy (non-hydrogen) atoms. The Hall–Kier alpha value is -1.55. The number of amides is 2. The lowest BCUT2D eigenvalue weighted by Gasteiger charge is -2.45. The second kappa shape index (κ2) is 6.69. The van der Waals surface area contributed by atoms with Crippen LogP contribution in [0.15, 0.2) is 18.2 Å². The van der Waals surface area contributed by atoms with Crippen LogP contribution in [0, 0.1) is 13.8 Å². The van der Waals surface area contributed by atoms with Gasteiger partial charge in [-0.15, -0.1) is 0 Å². The third-order valence-corrected chi connectivity index (χ3v) is 4.94. The number of aryl methyl sites for hydroxylation is 2. The van der Waals surface area contributed by atoms with Gasteiger partial charge in [0.2, 0.25) is 0 Å². The van der Waals surface area contributed by atoms with Crippen molar-refractivity contribution in [1.82, 2.24) is 9.80 Å². The van der Waals surface area contributed by atoms with E-state index in [2.05, 4.69) is 22.3 Å². The maximum atomic E-state index is 12.4. The summed E-state index contributed by atoms with van der Waals surface area (Å²) in [4.78, 5) is 16.9. The summed E-state index contributed by atoms with van der Waals surface area (Å²) in [5.74, 6) is 0. The molecule has 2 fully saturated rings. The summed E-state index contributed by atoms with van der Waals surface area (Å²) in [7, 11) is 0. The molecular weight excluding hydrogens is 274 g/mol. The summed E-state index contributed by atoms with van der Waals surface area (Å²) in [5.41, 5.74) is 3.22. The van der Waals surface area contributed by atoms with E-state index in [9.17, 15) is 4.79 Å². The van der Waals surface area contributed by atoms with Crippen LogP contribution in [0.2, 0.25) is 0 Å². The first-order valence-electron chi connectivity index (χ1n) is 8.51. The highest BCUT2D eigenvalue weighted by molar-refractivity contribution is 5.90. The molecule has 2 saturated heterocycles. The van der Waals surface area contributed by atoms with Gasteiger partial charge in [0.05, 0.1) is 0 Å². The van der Waals surface area contributed by atoms with E-state index in [0.29, 0.717) is 6.04 Å². The summed E-state index contributed by atoms with van der Waals surface area (Å²) in [6.07, 6.45) is 5.34. The Labute approximate surface area is 133 Å². The molecule has 2 heterocycles. The number of carbonyl (C=O) groups is 1. The SMILES string of the molecule is Cc1ccc(C)c(NC(=O)N2CC(N3CCCCCC3)C2)c1. The molecule has 0 spiro atoms. The highest BCUT2D eigenvalue weighted by atomic mass is 16.2. The standard InChI is InChI=1S/C18H27N3O/c1-14-7-8-15(2)17(11-14)19-18(22)21-12-16(13-21)20-9-5-3-4-6-10-20/h7-8,11,16H,3-6,9-10,12-13H2,1-2H3,(H,19,22). The molecule has 0 saturated carbocycles. The first kappa shape index (κ1) is 15.3. The molecule has 0 unspecified atom stereocenters. The van der Waals surface area contributed by atoms with Gasteiger partial charge in [-0.2, -0.15) is 0 Å². The first-order valence-corrected chi connectivity index (χ1v) is 8.51. The Morgan fingerprint density at radius 2 is 1.77 bits per heavy atom. The largest absolute Gasteiger partial charge is 0.321 e. The monoisotopic (exact) mass is 301 g/mol. The number of carbonyl (C=O) groups excluding carboxylic acids is 1. The molecule has 0 atom stereocenters. The average Bonchev–Trinajstić information content (AvgIpc) is 2.70. The fraction of sp³-hybridized carbons (Fsp3) is 0.611. The number of anilines is 1. The van der Waals surface area contributed by atoms with Gasteiger partial charge in [-0.25, -0.2) is 4.79 Å². The van der Waals surface area contributed by atoms with E-state index in [-0.39, 0.29) is 6.03 Å². The van der Waals surface area contributed by atoms with Crippen LogP contribution in [-0.4, -0.2) is 48.1 Å². The molecule has 4 nitrogen and oxygen atoms in total. The second-order valence-corrected chi connectivity index (χ2v) is 6.76. The highest BCUT2D eigenvalue weighted by Crippen LogP contribution is 2.22. The average molecular weight is 301 g/mol. The van der Waals surface area contributed by atoms with Crippen LogP contribution in [0.25, 0.3) is 0 Å². The molecule has 2 aliphatic rings. The van der Waals surface area contributed by atoms with Gasteiger partial charge in [-0.1, -0.05) is 25.0 Å². The predicted octanol–water partition coefficient (Wildman–Crippen LogP) is 3.40. The number of likely N-dealkylation sites (tertiary alicyclic amines) is 2. The van der Waals surface area contributed by atoms with Crippen LogP contribution in [-0.2, 0) is 0 Å². The topological polar surface area (TPSA) is 35.6 Å². The maximum absolute atomic E-state index is 12.4. The number of urea groups is 1. The molecule has 1 N–H and O–H groups in total. The number of nitrogens with zero attached hydrogens (tertiary/aromatic N) is 2.